The van der Waals surface area contributed by atoms with Crippen molar-refractivity contribution in [2.75, 3.05) is 11.9 Å². The van der Waals surface area contributed by atoms with E-state index in [0.29, 0.717) is 11.6 Å². The van der Waals surface area contributed by atoms with Crippen molar-refractivity contribution < 1.29 is 4.39 Å². The highest BCUT2D eigenvalue weighted by Crippen LogP contribution is 2.25. The molecule has 0 aliphatic heterocycles. The maximum atomic E-state index is 12.9. The molecule has 0 heterocycles. The van der Waals surface area contributed by atoms with E-state index in [2.05, 4.69) is 5.32 Å². The molecule has 2 rings (SSSR count). The van der Waals surface area contributed by atoms with Crippen LogP contribution in [-0.2, 0) is 0 Å². The van der Waals surface area contributed by atoms with Crippen LogP contribution in [0.25, 0.3) is 0 Å². The number of hydrogen-bond donors (Lipinski definition) is 2. The third-order valence-electron chi connectivity index (χ3n) is 3.04. The summed E-state index contributed by atoms with van der Waals surface area (Å²) in [7, 11) is 0. The molecule has 0 saturated heterocycles. The van der Waals surface area contributed by atoms with Crippen LogP contribution < -0.4 is 11.1 Å². The van der Waals surface area contributed by atoms with Crippen molar-refractivity contribution in [3.8, 4) is 0 Å². The van der Waals surface area contributed by atoms with Gasteiger partial charge in [-0.3, -0.25) is 0 Å². The lowest BCUT2D eigenvalue weighted by Gasteiger charge is -2.20. The fourth-order valence-corrected chi connectivity index (χ4v) is 2.08. The van der Waals surface area contributed by atoms with Crippen molar-refractivity contribution in [3.63, 3.8) is 0 Å². The Morgan fingerprint density at radius 3 is 2.53 bits per heavy atom. The molecular formula is C15H16ClFN2. The van der Waals surface area contributed by atoms with E-state index in [-0.39, 0.29) is 11.9 Å². The Morgan fingerprint density at radius 2 is 1.89 bits per heavy atom. The zero-order valence-corrected chi connectivity index (χ0v) is 11.4. The van der Waals surface area contributed by atoms with E-state index in [4.69, 9.17) is 17.3 Å². The highest BCUT2D eigenvalue weighted by Gasteiger charge is 2.11. The van der Waals surface area contributed by atoms with Gasteiger partial charge in [0, 0.05) is 17.3 Å². The SMILES string of the molecule is Cc1ccc(Cl)cc1NC(CN)c1ccc(F)cc1. The summed E-state index contributed by atoms with van der Waals surface area (Å²) in [5.41, 5.74) is 8.76. The third kappa shape index (κ3) is 3.46. The maximum Gasteiger partial charge on any atom is 0.123 e. The standard InChI is InChI=1S/C15H16ClFN2/c1-10-2-5-12(16)8-14(10)19-15(9-18)11-3-6-13(17)7-4-11/h2-8,15,19H,9,18H2,1H3. The number of nitrogens with one attached hydrogen (secondary N) is 1. The van der Waals surface area contributed by atoms with Crippen molar-refractivity contribution in [3.05, 3.63) is 64.4 Å². The summed E-state index contributed by atoms with van der Waals surface area (Å²) in [5.74, 6) is -0.251. The Kier molecular flexibility index (Phi) is 4.40. The first-order chi connectivity index (χ1) is 9.10. The molecule has 0 saturated carbocycles. The van der Waals surface area contributed by atoms with Gasteiger partial charge in [-0.15, -0.1) is 0 Å². The first-order valence-corrected chi connectivity index (χ1v) is 6.46. The van der Waals surface area contributed by atoms with Gasteiger partial charge in [0.2, 0.25) is 0 Å². The molecule has 100 valence electrons. The number of anilines is 1. The van der Waals surface area contributed by atoms with Crippen molar-refractivity contribution >= 4 is 17.3 Å². The molecule has 0 aliphatic carbocycles. The van der Waals surface area contributed by atoms with E-state index >= 15 is 0 Å². The second-order valence-electron chi connectivity index (χ2n) is 4.44. The van der Waals surface area contributed by atoms with Gasteiger partial charge in [0.15, 0.2) is 0 Å². The lowest BCUT2D eigenvalue weighted by molar-refractivity contribution is 0.626. The quantitative estimate of drug-likeness (QED) is 0.890. The number of rotatable bonds is 4. The lowest BCUT2D eigenvalue weighted by Crippen LogP contribution is -2.21. The molecule has 2 aromatic carbocycles. The minimum atomic E-state index is -0.251. The Morgan fingerprint density at radius 1 is 1.21 bits per heavy atom. The van der Waals surface area contributed by atoms with Crippen LogP contribution in [0.2, 0.25) is 5.02 Å². The summed E-state index contributed by atoms with van der Waals surface area (Å²) >= 11 is 5.99. The largest absolute Gasteiger partial charge is 0.377 e. The average Bonchev–Trinajstić information content (AvgIpc) is 2.41. The number of halogens is 2. The number of aryl methyl sites for hydroxylation is 1. The monoisotopic (exact) mass is 278 g/mol. The van der Waals surface area contributed by atoms with Gasteiger partial charge < -0.3 is 11.1 Å². The van der Waals surface area contributed by atoms with E-state index in [0.717, 1.165) is 16.8 Å². The van der Waals surface area contributed by atoms with Gasteiger partial charge in [-0.25, -0.2) is 4.39 Å². The summed E-state index contributed by atoms with van der Waals surface area (Å²) in [5, 5.41) is 4.01. The molecule has 0 aromatic heterocycles. The van der Waals surface area contributed by atoms with E-state index in [1.54, 1.807) is 12.1 Å². The highest BCUT2D eigenvalue weighted by atomic mass is 35.5. The lowest BCUT2D eigenvalue weighted by atomic mass is 10.1. The fourth-order valence-electron chi connectivity index (χ4n) is 1.91. The number of nitrogens with two attached hydrogens (primary N) is 1. The molecule has 1 unspecified atom stereocenters. The second-order valence-corrected chi connectivity index (χ2v) is 4.88. The second kappa shape index (κ2) is 6.04. The van der Waals surface area contributed by atoms with Crippen LogP contribution in [0.3, 0.4) is 0 Å². The van der Waals surface area contributed by atoms with Crippen LogP contribution in [0, 0.1) is 12.7 Å². The van der Waals surface area contributed by atoms with Crippen LogP contribution in [-0.4, -0.2) is 6.54 Å². The molecule has 1 atom stereocenters. The molecule has 2 aromatic rings. The zero-order valence-electron chi connectivity index (χ0n) is 10.7. The third-order valence-corrected chi connectivity index (χ3v) is 3.27. The first-order valence-electron chi connectivity index (χ1n) is 6.08. The predicted molar refractivity (Wildman–Crippen MR) is 78.0 cm³/mol. The summed E-state index contributed by atoms with van der Waals surface area (Å²) in [4.78, 5) is 0. The molecule has 3 N–H and O–H groups in total. The summed E-state index contributed by atoms with van der Waals surface area (Å²) in [6.07, 6.45) is 0. The summed E-state index contributed by atoms with van der Waals surface area (Å²) in [6.45, 7) is 2.41. The van der Waals surface area contributed by atoms with Crippen LogP contribution in [0.15, 0.2) is 42.5 Å². The molecule has 0 fully saturated rings. The fraction of sp³-hybridized carbons (Fsp3) is 0.200. The van der Waals surface area contributed by atoms with E-state index in [1.807, 2.05) is 25.1 Å². The van der Waals surface area contributed by atoms with Crippen molar-refractivity contribution in [2.45, 2.75) is 13.0 Å². The minimum Gasteiger partial charge on any atom is -0.377 e. The van der Waals surface area contributed by atoms with Crippen LogP contribution >= 0.6 is 11.6 Å². The molecule has 0 bridgehead atoms. The van der Waals surface area contributed by atoms with E-state index < -0.39 is 0 Å². The van der Waals surface area contributed by atoms with Gasteiger partial charge in [-0.2, -0.15) is 0 Å². The molecule has 4 heteroatoms. The van der Waals surface area contributed by atoms with Crippen molar-refractivity contribution in [1.29, 1.82) is 0 Å². The van der Waals surface area contributed by atoms with Gasteiger partial charge in [0.1, 0.15) is 5.82 Å². The van der Waals surface area contributed by atoms with Gasteiger partial charge in [0.05, 0.1) is 6.04 Å². The normalized spacial score (nSPS) is 12.2. The Labute approximate surface area is 117 Å². The molecule has 0 radical (unpaired) electrons. The molecule has 2 nitrogen and oxygen atoms in total. The Bertz CT molecular complexity index is 555. The van der Waals surface area contributed by atoms with Crippen molar-refractivity contribution in [1.82, 2.24) is 0 Å². The summed E-state index contributed by atoms with van der Waals surface area (Å²) < 4.78 is 12.9. The zero-order chi connectivity index (χ0) is 13.8. The predicted octanol–water partition coefficient (Wildman–Crippen LogP) is 3.90. The van der Waals surface area contributed by atoms with E-state index in [1.165, 1.54) is 12.1 Å². The number of benzene rings is 2. The maximum absolute atomic E-state index is 12.9. The van der Waals surface area contributed by atoms with Crippen LogP contribution in [0.5, 0.6) is 0 Å². The van der Waals surface area contributed by atoms with Crippen LogP contribution in [0.1, 0.15) is 17.2 Å². The van der Waals surface area contributed by atoms with Gasteiger partial charge in [-0.1, -0.05) is 29.8 Å². The van der Waals surface area contributed by atoms with E-state index in [9.17, 15) is 4.39 Å². The van der Waals surface area contributed by atoms with Crippen molar-refractivity contribution in [2.24, 2.45) is 5.73 Å². The molecule has 0 spiro atoms. The van der Waals surface area contributed by atoms with Gasteiger partial charge in [-0.05, 0) is 42.3 Å². The number of hydrogen-bond acceptors (Lipinski definition) is 2. The highest BCUT2D eigenvalue weighted by molar-refractivity contribution is 6.30. The average molecular weight is 279 g/mol. The summed E-state index contributed by atoms with van der Waals surface area (Å²) in [6, 6.07) is 11.9. The topological polar surface area (TPSA) is 38.0 Å². The first kappa shape index (κ1) is 13.8. The molecule has 0 amide bonds. The molecule has 19 heavy (non-hydrogen) atoms. The van der Waals surface area contributed by atoms with Crippen LogP contribution in [0.4, 0.5) is 10.1 Å². The van der Waals surface area contributed by atoms with Gasteiger partial charge in [0.25, 0.3) is 0 Å². The molecule has 0 aliphatic rings. The van der Waals surface area contributed by atoms with Gasteiger partial charge >= 0.3 is 0 Å². The molecular weight excluding hydrogens is 263 g/mol. The Hall–Kier alpha value is -1.58. The minimum absolute atomic E-state index is 0.0715. The smallest absolute Gasteiger partial charge is 0.123 e. The Balaban J connectivity index is 2.23.